The molecule has 1 aromatic heterocycles. The summed E-state index contributed by atoms with van der Waals surface area (Å²) in [4.78, 5) is 4.41. The van der Waals surface area contributed by atoms with E-state index in [1.165, 1.54) is 37.1 Å². The predicted octanol–water partition coefficient (Wildman–Crippen LogP) is 3.98. The van der Waals surface area contributed by atoms with Gasteiger partial charge in [0.25, 0.3) is 0 Å². The van der Waals surface area contributed by atoms with Crippen LogP contribution in [-0.4, -0.2) is 9.36 Å². The first-order chi connectivity index (χ1) is 6.79. The largest absolute Gasteiger partial charge is 0.214 e. The third-order valence-corrected chi connectivity index (χ3v) is 4.66. The maximum absolute atomic E-state index is 4.41. The fourth-order valence-electron chi connectivity index (χ4n) is 2.20. The van der Waals surface area contributed by atoms with Gasteiger partial charge < -0.3 is 0 Å². The third-order valence-electron chi connectivity index (χ3n) is 3.19. The molecule has 1 aromatic rings. The van der Waals surface area contributed by atoms with Gasteiger partial charge in [-0.25, -0.2) is 4.98 Å². The van der Waals surface area contributed by atoms with Gasteiger partial charge >= 0.3 is 0 Å². The Balaban J connectivity index is 1.95. The van der Waals surface area contributed by atoms with E-state index in [1.54, 1.807) is 11.5 Å². The van der Waals surface area contributed by atoms with Crippen molar-refractivity contribution in [1.82, 2.24) is 9.36 Å². The SMILES string of the molecule is CCC1CCC(c2nc(Br)ns2)CC1. The van der Waals surface area contributed by atoms with E-state index >= 15 is 0 Å². The second-order valence-electron chi connectivity index (χ2n) is 4.03. The minimum Gasteiger partial charge on any atom is -0.214 e. The third kappa shape index (κ3) is 2.34. The molecule has 0 aliphatic heterocycles. The fraction of sp³-hybridized carbons (Fsp3) is 0.800. The van der Waals surface area contributed by atoms with Crippen LogP contribution < -0.4 is 0 Å². The van der Waals surface area contributed by atoms with Crippen LogP contribution in [0.5, 0.6) is 0 Å². The first kappa shape index (κ1) is 10.6. The summed E-state index contributed by atoms with van der Waals surface area (Å²) in [6.07, 6.45) is 6.70. The summed E-state index contributed by atoms with van der Waals surface area (Å²) in [5.74, 6) is 1.64. The van der Waals surface area contributed by atoms with Crippen LogP contribution in [-0.2, 0) is 0 Å². The van der Waals surface area contributed by atoms with Crippen LogP contribution in [0.4, 0.5) is 0 Å². The summed E-state index contributed by atoms with van der Waals surface area (Å²) in [5.41, 5.74) is 0. The van der Waals surface area contributed by atoms with E-state index in [2.05, 4.69) is 32.2 Å². The molecule has 0 amide bonds. The molecule has 0 bridgehead atoms. The molecule has 1 aliphatic carbocycles. The Bertz CT molecular complexity index is 292. The smallest absolute Gasteiger partial charge is 0.209 e. The Morgan fingerprint density at radius 2 is 2.07 bits per heavy atom. The van der Waals surface area contributed by atoms with Gasteiger partial charge in [0.15, 0.2) is 0 Å². The average Bonchev–Trinajstić information content (AvgIpc) is 2.65. The lowest BCUT2D eigenvalue weighted by Gasteiger charge is -2.25. The zero-order valence-electron chi connectivity index (χ0n) is 8.37. The molecule has 78 valence electrons. The van der Waals surface area contributed by atoms with Crippen LogP contribution in [0.25, 0.3) is 0 Å². The van der Waals surface area contributed by atoms with Crippen molar-refractivity contribution >= 4 is 27.5 Å². The van der Waals surface area contributed by atoms with Crippen molar-refractivity contribution < 1.29 is 0 Å². The lowest BCUT2D eigenvalue weighted by atomic mass is 9.81. The molecule has 1 heterocycles. The second-order valence-corrected chi connectivity index (χ2v) is 5.52. The molecule has 0 radical (unpaired) electrons. The molecule has 0 saturated heterocycles. The maximum Gasteiger partial charge on any atom is 0.209 e. The molecule has 4 heteroatoms. The van der Waals surface area contributed by atoms with Gasteiger partial charge in [0, 0.05) is 5.92 Å². The van der Waals surface area contributed by atoms with Crippen LogP contribution in [0.15, 0.2) is 4.73 Å². The standard InChI is InChI=1S/C10H15BrN2S/c1-2-7-3-5-8(6-4-7)9-12-10(11)13-14-9/h7-8H,2-6H2,1H3. The van der Waals surface area contributed by atoms with Gasteiger partial charge in [-0.2, -0.15) is 4.37 Å². The van der Waals surface area contributed by atoms with E-state index in [0.29, 0.717) is 5.92 Å². The van der Waals surface area contributed by atoms with Crippen molar-refractivity contribution in [1.29, 1.82) is 0 Å². The Morgan fingerprint density at radius 1 is 1.36 bits per heavy atom. The molecule has 0 spiro atoms. The summed E-state index contributed by atoms with van der Waals surface area (Å²) in [5, 5.41) is 1.23. The lowest BCUT2D eigenvalue weighted by Crippen LogP contribution is -2.12. The van der Waals surface area contributed by atoms with Crippen LogP contribution in [0, 0.1) is 5.92 Å². The highest BCUT2D eigenvalue weighted by Crippen LogP contribution is 2.37. The zero-order chi connectivity index (χ0) is 9.97. The molecule has 0 N–H and O–H groups in total. The molecular weight excluding hydrogens is 260 g/mol. The number of hydrogen-bond acceptors (Lipinski definition) is 3. The van der Waals surface area contributed by atoms with Crippen molar-refractivity contribution in [2.45, 2.75) is 44.9 Å². The van der Waals surface area contributed by atoms with Crippen LogP contribution in [0.3, 0.4) is 0 Å². The van der Waals surface area contributed by atoms with E-state index < -0.39 is 0 Å². The minimum absolute atomic E-state index is 0.682. The number of rotatable bonds is 2. The Kier molecular flexibility index (Phi) is 3.55. The summed E-state index contributed by atoms with van der Waals surface area (Å²) in [7, 11) is 0. The van der Waals surface area contributed by atoms with Crippen LogP contribution >= 0.6 is 27.5 Å². The first-order valence-corrected chi connectivity index (χ1v) is 6.85. The normalized spacial score (nSPS) is 27.9. The fourth-order valence-corrected chi connectivity index (χ4v) is 3.45. The van der Waals surface area contributed by atoms with Gasteiger partial charge in [0.2, 0.25) is 4.73 Å². The molecular formula is C10H15BrN2S. The summed E-state index contributed by atoms with van der Waals surface area (Å²) >= 11 is 4.87. The highest BCUT2D eigenvalue weighted by atomic mass is 79.9. The van der Waals surface area contributed by atoms with Crippen LogP contribution in [0.1, 0.15) is 50.0 Å². The number of aromatic nitrogens is 2. The van der Waals surface area contributed by atoms with E-state index in [4.69, 9.17) is 0 Å². The van der Waals surface area contributed by atoms with Gasteiger partial charge in [-0.3, -0.25) is 0 Å². The Morgan fingerprint density at radius 3 is 2.57 bits per heavy atom. The highest BCUT2D eigenvalue weighted by Gasteiger charge is 2.23. The van der Waals surface area contributed by atoms with Gasteiger partial charge in [0.05, 0.1) is 0 Å². The van der Waals surface area contributed by atoms with Crippen molar-refractivity contribution in [2.75, 3.05) is 0 Å². The molecule has 0 aromatic carbocycles. The summed E-state index contributed by atoms with van der Waals surface area (Å²) in [6.45, 7) is 2.30. The molecule has 1 aliphatic rings. The van der Waals surface area contributed by atoms with Gasteiger partial charge in [-0.05, 0) is 59.1 Å². The summed E-state index contributed by atoms with van der Waals surface area (Å²) in [6, 6.07) is 0. The van der Waals surface area contributed by atoms with E-state index in [-0.39, 0.29) is 0 Å². The van der Waals surface area contributed by atoms with E-state index in [9.17, 15) is 0 Å². The number of hydrogen-bond donors (Lipinski definition) is 0. The first-order valence-electron chi connectivity index (χ1n) is 5.28. The van der Waals surface area contributed by atoms with E-state index in [0.717, 1.165) is 10.7 Å². The van der Waals surface area contributed by atoms with Gasteiger partial charge in [-0.15, -0.1) is 0 Å². The molecule has 1 saturated carbocycles. The van der Waals surface area contributed by atoms with Crippen molar-refractivity contribution in [3.8, 4) is 0 Å². The topological polar surface area (TPSA) is 25.8 Å². The summed E-state index contributed by atoms with van der Waals surface area (Å²) < 4.78 is 4.94. The van der Waals surface area contributed by atoms with Gasteiger partial charge in [0.1, 0.15) is 5.01 Å². The van der Waals surface area contributed by atoms with Crippen molar-refractivity contribution in [2.24, 2.45) is 5.92 Å². The quantitative estimate of drug-likeness (QED) is 0.815. The molecule has 0 unspecified atom stereocenters. The lowest BCUT2D eigenvalue weighted by molar-refractivity contribution is 0.318. The molecule has 2 rings (SSSR count). The van der Waals surface area contributed by atoms with Gasteiger partial charge in [-0.1, -0.05) is 13.3 Å². The highest BCUT2D eigenvalue weighted by molar-refractivity contribution is 9.10. The van der Waals surface area contributed by atoms with Crippen molar-refractivity contribution in [3.05, 3.63) is 9.74 Å². The molecule has 1 fully saturated rings. The maximum atomic E-state index is 4.41. The Labute approximate surface area is 97.4 Å². The van der Waals surface area contributed by atoms with Crippen molar-refractivity contribution in [3.63, 3.8) is 0 Å². The molecule has 2 nitrogen and oxygen atoms in total. The minimum atomic E-state index is 0.682. The molecule has 14 heavy (non-hydrogen) atoms. The number of nitrogens with zero attached hydrogens (tertiary/aromatic N) is 2. The monoisotopic (exact) mass is 274 g/mol. The second kappa shape index (κ2) is 4.71. The predicted molar refractivity (Wildman–Crippen MR) is 62.6 cm³/mol. The van der Waals surface area contributed by atoms with E-state index in [1.807, 2.05) is 0 Å². The zero-order valence-corrected chi connectivity index (χ0v) is 10.8. The number of halogens is 1. The average molecular weight is 275 g/mol. The molecule has 0 atom stereocenters. The Hall–Kier alpha value is 0.0400. The van der Waals surface area contributed by atoms with Crippen LogP contribution in [0.2, 0.25) is 0 Å².